The van der Waals surface area contributed by atoms with E-state index in [0.717, 1.165) is 11.4 Å². The van der Waals surface area contributed by atoms with Crippen LogP contribution in [0.2, 0.25) is 5.02 Å². The van der Waals surface area contributed by atoms with Crippen LogP contribution in [-0.2, 0) is 0 Å². The molecule has 1 N–H and O–H groups in total. The molecular weight excluding hydrogens is 242 g/mol. The minimum Gasteiger partial charge on any atom is -0.365 e. The molecule has 1 unspecified atom stereocenters. The number of hydrogen-bond acceptors (Lipinski definition) is 4. The van der Waals surface area contributed by atoms with E-state index in [1.54, 1.807) is 17.6 Å². The predicted molar refractivity (Wildman–Crippen MR) is 65.5 cm³/mol. The molecule has 1 aromatic heterocycles. The Kier molecular flexibility index (Phi) is 3.40. The Bertz CT molecular complexity index is 487. The minimum atomic E-state index is -0.424. The molecule has 0 saturated heterocycles. The second-order valence-electron chi connectivity index (χ2n) is 3.13. The highest BCUT2D eigenvalue weighted by molar-refractivity contribution is 7.07. The number of aromatic nitrogens is 1. The van der Waals surface area contributed by atoms with E-state index in [0.29, 0.717) is 5.02 Å². The lowest BCUT2D eigenvalue weighted by Crippen LogP contribution is -2.08. The van der Waals surface area contributed by atoms with Crippen LogP contribution in [0.3, 0.4) is 0 Å². The second kappa shape index (κ2) is 4.97. The summed E-state index contributed by atoms with van der Waals surface area (Å²) >= 11 is 7.25. The SMILES string of the molecule is N#CC(Nc1ccc(Cl)cc1)c1cscn1. The fourth-order valence-electron chi connectivity index (χ4n) is 1.25. The van der Waals surface area contributed by atoms with Crippen LogP contribution >= 0.6 is 22.9 Å². The van der Waals surface area contributed by atoms with Crippen LogP contribution in [0, 0.1) is 11.3 Å². The van der Waals surface area contributed by atoms with Crippen molar-refractivity contribution in [3.63, 3.8) is 0 Å². The van der Waals surface area contributed by atoms with Crippen LogP contribution in [0.15, 0.2) is 35.2 Å². The molecule has 80 valence electrons. The third-order valence-corrected chi connectivity index (χ3v) is 2.89. The van der Waals surface area contributed by atoms with Crippen LogP contribution in [0.25, 0.3) is 0 Å². The topological polar surface area (TPSA) is 48.7 Å². The first-order valence-electron chi connectivity index (χ1n) is 4.59. The molecule has 1 heterocycles. The van der Waals surface area contributed by atoms with Crippen molar-refractivity contribution >= 4 is 28.6 Å². The average molecular weight is 250 g/mol. The Morgan fingerprint density at radius 1 is 1.38 bits per heavy atom. The van der Waals surface area contributed by atoms with Gasteiger partial charge in [0, 0.05) is 16.1 Å². The van der Waals surface area contributed by atoms with Crippen LogP contribution in [0.5, 0.6) is 0 Å². The molecule has 2 aromatic rings. The molecule has 0 amide bonds. The molecule has 0 aliphatic rings. The summed E-state index contributed by atoms with van der Waals surface area (Å²) in [4.78, 5) is 4.11. The zero-order valence-corrected chi connectivity index (χ0v) is 9.79. The Hall–Kier alpha value is -1.57. The number of benzene rings is 1. The fourth-order valence-corrected chi connectivity index (χ4v) is 1.96. The van der Waals surface area contributed by atoms with Gasteiger partial charge < -0.3 is 5.32 Å². The van der Waals surface area contributed by atoms with Gasteiger partial charge in [-0.2, -0.15) is 5.26 Å². The number of thiazole rings is 1. The van der Waals surface area contributed by atoms with Crippen LogP contribution in [-0.4, -0.2) is 4.98 Å². The summed E-state index contributed by atoms with van der Waals surface area (Å²) in [5.41, 5.74) is 3.30. The van der Waals surface area contributed by atoms with Crippen molar-refractivity contribution < 1.29 is 0 Å². The van der Waals surface area contributed by atoms with Crippen molar-refractivity contribution in [3.05, 3.63) is 45.9 Å². The van der Waals surface area contributed by atoms with Gasteiger partial charge in [-0.1, -0.05) is 11.6 Å². The predicted octanol–water partition coefficient (Wildman–Crippen LogP) is 3.47. The van der Waals surface area contributed by atoms with E-state index in [4.69, 9.17) is 16.9 Å². The van der Waals surface area contributed by atoms with Crippen LogP contribution < -0.4 is 5.32 Å². The maximum atomic E-state index is 9.04. The Morgan fingerprint density at radius 3 is 2.69 bits per heavy atom. The molecule has 16 heavy (non-hydrogen) atoms. The molecular formula is C11H8ClN3S. The van der Waals surface area contributed by atoms with Gasteiger partial charge in [0.1, 0.15) is 0 Å². The van der Waals surface area contributed by atoms with Crippen molar-refractivity contribution in [1.29, 1.82) is 5.26 Å². The molecule has 1 atom stereocenters. The lowest BCUT2D eigenvalue weighted by molar-refractivity contribution is 0.951. The van der Waals surface area contributed by atoms with Crippen LogP contribution in [0.1, 0.15) is 11.7 Å². The first-order valence-corrected chi connectivity index (χ1v) is 5.91. The lowest BCUT2D eigenvalue weighted by Gasteiger charge is -2.10. The van der Waals surface area contributed by atoms with E-state index in [1.165, 1.54) is 11.3 Å². The molecule has 0 aliphatic heterocycles. The normalized spacial score (nSPS) is 11.8. The highest BCUT2D eigenvalue weighted by atomic mass is 35.5. The molecule has 0 spiro atoms. The van der Waals surface area contributed by atoms with Crippen molar-refractivity contribution in [2.45, 2.75) is 6.04 Å². The molecule has 0 saturated carbocycles. The molecule has 1 aromatic carbocycles. The number of nitrogens with zero attached hydrogens (tertiary/aromatic N) is 2. The number of hydrogen-bond donors (Lipinski definition) is 1. The molecule has 0 bridgehead atoms. The van der Waals surface area contributed by atoms with Crippen molar-refractivity contribution in [2.24, 2.45) is 0 Å². The highest BCUT2D eigenvalue weighted by Gasteiger charge is 2.11. The molecule has 5 heteroatoms. The Balaban J connectivity index is 2.14. The fraction of sp³-hybridized carbons (Fsp3) is 0.0909. The monoisotopic (exact) mass is 249 g/mol. The molecule has 0 aliphatic carbocycles. The summed E-state index contributed by atoms with van der Waals surface area (Å²) in [5.74, 6) is 0. The summed E-state index contributed by atoms with van der Waals surface area (Å²) in [6, 6.07) is 8.96. The minimum absolute atomic E-state index is 0.424. The van der Waals surface area contributed by atoms with E-state index < -0.39 is 6.04 Å². The van der Waals surface area contributed by atoms with E-state index in [-0.39, 0.29) is 0 Å². The van der Waals surface area contributed by atoms with Gasteiger partial charge in [-0.25, -0.2) is 4.98 Å². The maximum absolute atomic E-state index is 9.04. The number of rotatable bonds is 3. The molecule has 2 rings (SSSR count). The van der Waals surface area contributed by atoms with Gasteiger partial charge in [0.2, 0.25) is 0 Å². The van der Waals surface area contributed by atoms with Crippen molar-refractivity contribution in [1.82, 2.24) is 4.98 Å². The average Bonchev–Trinajstić information content (AvgIpc) is 2.82. The molecule has 0 fully saturated rings. The first-order chi connectivity index (χ1) is 7.79. The van der Waals surface area contributed by atoms with E-state index in [9.17, 15) is 0 Å². The number of anilines is 1. The summed E-state index contributed by atoms with van der Waals surface area (Å²) in [5, 5.41) is 14.7. The first kappa shape index (κ1) is 10.9. The van der Waals surface area contributed by atoms with Gasteiger partial charge in [0.15, 0.2) is 6.04 Å². The van der Waals surface area contributed by atoms with E-state index >= 15 is 0 Å². The standard InChI is InChI=1S/C11H8ClN3S/c12-8-1-3-9(4-2-8)15-10(5-13)11-6-16-7-14-11/h1-4,6-7,10,15H. The summed E-state index contributed by atoms with van der Waals surface area (Å²) in [7, 11) is 0. The molecule has 0 radical (unpaired) electrons. The van der Waals surface area contributed by atoms with Gasteiger partial charge in [0.05, 0.1) is 17.3 Å². The smallest absolute Gasteiger partial charge is 0.158 e. The maximum Gasteiger partial charge on any atom is 0.158 e. The van der Waals surface area contributed by atoms with Gasteiger partial charge >= 0.3 is 0 Å². The third kappa shape index (κ3) is 2.51. The third-order valence-electron chi connectivity index (χ3n) is 2.03. The van der Waals surface area contributed by atoms with Gasteiger partial charge in [-0.05, 0) is 24.3 Å². The Morgan fingerprint density at radius 2 is 2.12 bits per heavy atom. The lowest BCUT2D eigenvalue weighted by atomic mass is 10.2. The number of nitriles is 1. The highest BCUT2D eigenvalue weighted by Crippen LogP contribution is 2.20. The Labute approximate surface area is 102 Å². The number of halogens is 1. The summed E-state index contributed by atoms with van der Waals surface area (Å²) in [6.45, 7) is 0. The van der Waals surface area contributed by atoms with Gasteiger partial charge in [-0.15, -0.1) is 11.3 Å². The number of nitrogens with one attached hydrogen (secondary N) is 1. The zero-order chi connectivity index (χ0) is 11.4. The van der Waals surface area contributed by atoms with E-state index in [1.807, 2.05) is 17.5 Å². The molecule has 3 nitrogen and oxygen atoms in total. The second-order valence-corrected chi connectivity index (χ2v) is 4.28. The van der Waals surface area contributed by atoms with Crippen LogP contribution in [0.4, 0.5) is 5.69 Å². The summed E-state index contributed by atoms with van der Waals surface area (Å²) in [6.07, 6.45) is 0. The largest absolute Gasteiger partial charge is 0.365 e. The van der Waals surface area contributed by atoms with Crippen molar-refractivity contribution in [3.8, 4) is 6.07 Å². The van der Waals surface area contributed by atoms with Gasteiger partial charge in [-0.3, -0.25) is 0 Å². The summed E-state index contributed by atoms with van der Waals surface area (Å²) < 4.78 is 0. The van der Waals surface area contributed by atoms with E-state index in [2.05, 4.69) is 16.4 Å². The van der Waals surface area contributed by atoms with Gasteiger partial charge in [0.25, 0.3) is 0 Å². The zero-order valence-electron chi connectivity index (χ0n) is 8.22. The quantitative estimate of drug-likeness (QED) is 0.906. The van der Waals surface area contributed by atoms with Crippen molar-refractivity contribution in [2.75, 3.05) is 5.32 Å².